The predicted octanol–water partition coefficient (Wildman–Crippen LogP) is 4.99. The lowest BCUT2D eigenvalue weighted by Crippen LogP contribution is -1.94. The summed E-state index contributed by atoms with van der Waals surface area (Å²) in [5.41, 5.74) is 6.71. The number of hydrogen-bond donors (Lipinski definition) is 1. The zero-order valence-corrected chi connectivity index (χ0v) is 16.1. The van der Waals surface area contributed by atoms with E-state index in [-0.39, 0.29) is 11.3 Å². The van der Waals surface area contributed by atoms with Gasteiger partial charge in [0, 0.05) is 40.1 Å². The molecule has 3 aromatic rings. The van der Waals surface area contributed by atoms with E-state index in [9.17, 15) is 20.9 Å². The van der Waals surface area contributed by atoms with Gasteiger partial charge in [0.2, 0.25) is 0 Å². The van der Waals surface area contributed by atoms with E-state index in [1.807, 2.05) is 48.5 Å². The Morgan fingerprint density at radius 2 is 1.52 bits per heavy atom. The monoisotopic (exact) mass is 396 g/mol. The average molecular weight is 396 g/mol. The van der Waals surface area contributed by atoms with Crippen LogP contribution >= 0.6 is 0 Å². The van der Waals surface area contributed by atoms with Crippen LogP contribution in [-0.4, -0.2) is 10.1 Å². The van der Waals surface area contributed by atoms with Gasteiger partial charge in [0.15, 0.2) is 0 Å². The zero-order chi connectivity index (χ0) is 21.5. The standard InChI is InChI=1S/C26H12N4O/c27-11-10-18-16-5-1-2-6-17(16)22(15(13-28)14-29)25(18)23-19-7-3-9-21(31)24(19)26-20(23)8-4-12-30-26/h1-10,12,31H/b18-10+,25-23+. The number of fused-ring (bicyclic) bond motifs is 4. The van der Waals surface area contributed by atoms with Crippen molar-refractivity contribution in [2.75, 3.05) is 0 Å². The van der Waals surface area contributed by atoms with Crippen LogP contribution in [0.4, 0.5) is 0 Å². The normalized spacial score (nSPS) is 16.7. The second-order valence-electron chi connectivity index (χ2n) is 7.06. The van der Waals surface area contributed by atoms with Crippen molar-refractivity contribution in [2.45, 2.75) is 0 Å². The first kappa shape index (κ1) is 18.1. The third-order valence-corrected chi connectivity index (χ3v) is 5.56. The van der Waals surface area contributed by atoms with Crippen LogP contribution in [0.25, 0.3) is 28.0 Å². The lowest BCUT2D eigenvalue weighted by Gasteiger charge is -2.12. The predicted molar refractivity (Wildman–Crippen MR) is 116 cm³/mol. The molecule has 5 heteroatoms. The highest BCUT2D eigenvalue weighted by Gasteiger charge is 2.37. The molecule has 2 aromatic carbocycles. The summed E-state index contributed by atoms with van der Waals surface area (Å²) in [6.45, 7) is 0. The first-order valence-corrected chi connectivity index (χ1v) is 9.48. The maximum atomic E-state index is 10.6. The molecule has 0 radical (unpaired) electrons. The first-order valence-electron chi connectivity index (χ1n) is 9.48. The largest absolute Gasteiger partial charge is 0.507 e. The average Bonchev–Trinajstić information content (AvgIpc) is 3.29. The Labute approximate surface area is 178 Å². The number of benzene rings is 2. The molecule has 1 N–H and O–H groups in total. The highest BCUT2D eigenvalue weighted by molar-refractivity contribution is 6.20. The first-order chi connectivity index (χ1) is 15.2. The number of nitrogens with zero attached hydrogens (tertiary/aromatic N) is 4. The Balaban J connectivity index is 2.04. The van der Waals surface area contributed by atoms with E-state index in [2.05, 4.69) is 11.1 Å². The molecule has 2 aliphatic rings. The number of hydrogen-bond acceptors (Lipinski definition) is 5. The molecule has 1 heterocycles. The Kier molecular flexibility index (Phi) is 4.01. The Hall–Kier alpha value is -4.92. The van der Waals surface area contributed by atoms with Crippen molar-refractivity contribution >= 4 is 16.7 Å². The molecule has 2 aliphatic carbocycles. The van der Waals surface area contributed by atoms with Gasteiger partial charge in [-0.1, -0.05) is 42.5 Å². The van der Waals surface area contributed by atoms with Crippen molar-refractivity contribution in [3.63, 3.8) is 0 Å². The number of phenolic OH excluding ortho intramolecular Hbond substituents is 1. The number of aromatic hydroxyl groups is 1. The molecule has 0 aliphatic heterocycles. The number of pyridine rings is 1. The highest BCUT2D eigenvalue weighted by Crippen LogP contribution is 2.56. The van der Waals surface area contributed by atoms with Crippen LogP contribution in [0, 0.1) is 34.0 Å². The minimum absolute atomic E-state index is 0.0321. The lowest BCUT2D eigenvalue weighted by molar-refractivity contribution is 0.477. The Bertz CT molecular complexity index is 1500. The minimum Gasteiger partial charge on any atom is -0.507 e. The molecular weight excluding hydrogens is 384 g/mol. The molecule has 0 saturated heterocycles. The SMILES string of the molecule is N#C/C=C1/C(=C2\c3cccnc3-c3c(O)cccc32)C(=C(C#N)C#N)c2ccccc21. The van der Waals surface area contributed by atoms with E-state index in [4.69, 9.17) is 0 Å². The smallest absolute Gasteiger partial charge is 0.138 e. The third-order valence-electron chi connectivity index (χ3n) is 5.56. The molecule has 31 heavy (non-hydrogen) atoms. The van der Waals surface area contributed by atoms with Gasteiger partial charge in [0.1, 0.15) is 23.5 Å². The van der Waals surface area contributed by atoms with Crippen molar-refractivity contribution in [3.8, 4) is 35.2 Å². The van der Waals surface area contributed by atoms with Gasteiger partial charge in [-0.2, -0.15) is 15.8 Å². The van der Waals surface area contributed by atoms with E-state index in [1.54, 1.807) is 24.4 Å². The van der Waals surface area contributed by atoms with Gasteiger partial charge in [-0.25, -0.2) is 0 Å². The van der Waals surface area contributed by atoms with E-state index < -0.39 is 0 Å². The zero-order valence-electron chi connectivity index (χ0n) is 16.1. The van der Waals surface area contributed by atoms with Gasteiger partial charge in [-0.3, -0.25) is 4.98 Å². The second kappa shape index (κ2) is 6.85. The summed E-state index contributed by atoms with van der Waals surface area (Å²) in [5.74, 6) is 0.0979. The summed E-state index contributed by atoms with van der Waals surface area (Å²) in [6.07, 6.45) is 3.10. The highest BCUT2D eigenvalue weighted by atomic mass is 16.3. The summed E-state index contributed by atoms with van der Waals surface area (Å²) >= 11 is 0. The van der Waals surface area contributed by atoms with Gasteiger partial charge >= 0.3 is 0 Å². The summed E-state index contributed by atoms with van der Waals surface area (Å²) in [4.78, 5) is 4.49. The lowest BCUT2D eigenvalue weighted by atomic mass is 9.89. The van der Waals surface area contributed by atoms with Crippen LogP contribution in [0.5, 0.6) is 5.75 Å². The molecule has 0 unspecified atom stereocenters. The maximum Gasteiger partial charge on any atom is 0.138 e. The second-order valence-corrected chi connectivity index (χ2v) is 7.06. The minimum atomic E-state index is -0.0321. The van der Waals surface area contributed by atoms with Crippen molar-refractivity contribution < 1.29 is 5.11 Å². The molecule has 5 rings (SSSR count). The van der Waals surface area contributed by atoms with Crippen molar-refractivity contribution in [3.05, 3.63) is 100 Å². The van der Waals surface area contributed by atoms with Crippen molar-refractivity contribution in [1.29, 1.82) is 15.8 Å². The molecule has 1 aromatic heterocycles. The quantitative estimate of drug-likeness (QED) is 0.422. The third kappa shape index (κ3) is 2.43. The number of phenols is 1. The number of nitriles is 3. The van der Waals surface area contributed by atoms with Crippen LogP contribution < -0.4 is 0 Å². The fourth-order valence-corrected chi connectivity index (χ4v) is 4.43. The van der Waals surface area contributed by atoms with Crippen molar-refractivity contribution in [1.82, 2.24) is 4.98 Å². The molecule has 0 saturated carbocycles. The molecule has 142 valence electrons. The van der Waals surface area contributed by atoms with Gasteiger partial charge in [0.25, 0.3) is 0 Å². The number of rotatable bonds is 0. The molecule has 0 atom stereocenters. The molecule has 0 spiro atoms. The fourth-order valence-electron chi connectivity index (χ4n) is 4.43. The number of aromatic nitrogens is 1. The van der Waals surface area contributed by atoms with E-state index in [0.717, 1.165) is 27.8 Å². The van der Waals surface area contributed by atoms with E-state index in [0.29, 0.717) is 28.0 Å². The van der Waals surface area contributed by atoms with E-state index >= 15 is 0 Å². The molecule has 0 amide bonds. The van der Waals surface area contributed by atoms with Crippen molar-refractivity contribution in [2.24, 2.45) is 0 Å². The summed E-state index contributed by atoms with van der Waals surface area (Å²) < 4.78 is 0. The van der Waals surface area contributed by atoms with Gasteiger partial charge in [-0.05, 0) is 28.8 Å². The van der Waals surface area contributed by atoms with Crippen LogP contribution in [0.3, 0.4) is 0 Å². The molecule has 0 fully saturated rings. The molecular formula is C26H12N4O. The van der Waals surface area contributed by atoms with Gasteiger partial charge in [0.05, 0.1) is 17.3 Å². The fraction of sp³-hybridized carbons (Fsp3) is 0. The summed E-state index contributed by atoms with van der Waals surface area (Å²) in [5, 5.41) is 39.6. The van der Waals surface area contributed by atoms with Gasteiger partial charge < -0.3 is 5.11 Å². The number of allylic oxidation sites excluding steroid dienone is 5. The van der Waals surface area contributed by atoms with Crippen LogP contribution in [-0.2, 0) is 0 Å². The van der Waals surface area contributed by atoms with Crippen LogP contribution in [0.1, 0.15) is 22.3 Å². The molecule has 0 bridgehead atoms. The molecule has 5 nitrogen and oxygen atoms in total. The van der Waals surface area contributed by atoms with Crippen LogP contribution in [0.15, 0.2) is 78.0 Å². The Morgan fingerprint density at radius 3 is 2.26 bits per heavy atom. The topological polar surface area (TPSA) is 104 Å². The van der Waals surface area contributed by atoms with Crippen LogP contribution in [0.2, 0.25) is 0 Å². The maximum absolute atomic E-state index is 10.6. The Morgan fingerprint density at radius 1 is 0.806 bits per heavy atom. The van der Waals surface area contributed by atoms with Gasteiger partial charge in [-0.15, -0.1) is 0 Å². The summed E-state index contributed by atoms with van der Waals surface area (Å²) in [7, 11) is 0. The van der Waals surface area contributed by atoms with E-state index in [1.165, 1.54) is 6.08 Å². The summed E-state index contributed by atoms with van der Waals surface area (Å²) in [6, 6.07) is 22.5.